The van der Waals surface area contributed by atoms with Crippen LogP contribution in [-0.4, -0.2) is 25.0 Å². The van der Waals surface area contributed by atoms with Gasteiger partial charge in [-0.2, -0.15) is 0 Å². The fraction of sp³-hybridized carbons (Fsp3) is 0.278. The van der Waals surface area contributed by atoms with E-state index in [1.165, 1.54) is 17.0 Å². The number of hydrogen-bond donors (Lipinski definition) is 0. The van der Waals surface area contributed by atoms with Crippen molar-refractivity contribution in [2.45, 2.75) is 19.4 Å². The second-order valence-electron chi connectivity index (χ2n) is 5.34. The van der Waals surface area contributed by atoms with Crippen LogP contribution in [0.25, 0.3) is 0 Å². The summed E-state index contributed by atoms with van der Waals surface area (Å²) in [4.78, 5) is 13.6. The second kappa shape index (κ2) is 7.72. The lowest BCUT2D eigenvalue weighted by molar-refractivity contribution is -0.130. The number of rotatable bonds is 6. The first-order valence-corrected chi connectivity index (χ1v) is 7.30. The lowest BCUT2D eigenvalue weighted by Gasteiger charge is -2.18. The molecular weight excluding hydrogens is 300 g/mol. The number of hydrogen-bond acceptors (Lipinski definition) is 2. The van der Waals surface area contributed by atoms with Gasteiger partial charge in [-0.25, -0.2) is 8.78 Å². The Morgan fingerprint density at radius 2 is 1.96 bits per heavy atom. The highest BCUT2D eigenvalue weighted by Crippen LogP contribution is 2.15. The van der Waals surface area contributed by atoms with E-state index >= 15 is 0 Å². The molecule has 0 fully saturated rings. The molecular formula is C18H19F2NO2. The third-order valence-electron chi connectivity index (χ3n) is 3.61. The molecule has 122 valence electrons. The summed E-state index contributed by atoms with van der Waals surface area (Å²) in [6.45, 7) is 0.114. The largest absolute Gasteiger partial charge is 0.497 e. The van der Waals surface area contributed by atoms with Crippen molar-refractivity contribution in [2.75, 3.05) is 14.2 Å². The van der Waals surface area contributed by atoms with Gasteiger partial charge in [0, 0.05) is 31.6 Å². The minimum atomic E-state index is -0.641. The molecule has 23 heavy (non-hydrogen) atoms. The van der Waals surface area contributed by atoms with E-state index in [4.69, 9.17) is 4.74 Å². The molecule has 0 bridgehead atoms. The van der Waals surface area contributed by atoms with Crippen LogP contribution in [0.1, 0.15) is 17.5 Å². The SMILES string of the molecule is COc1cccc(CCC(=O)N(C)Cc2ccc(F)cc2F)c1. The molecule has 0 aromatic heterocycles. The van der Waals surface area contributed by atoms with E-state index in [9.17, 15) is 13.6 Å². The van der Waals surface area contributed by atoms with Crippen molar-refractivity contribution in [2.24, 2.45) is 0 Å². The summed E-state index contributed by atoms with van der Waals surface area (Å²) in [5.41, 5.74) is 1.29. The monoisotopic (exact) mass is 319 g/mol. The maximum absolute atomic E-state index is 13.6. The lowest BCUT2D eigenvalue weighted by atomic mass is 10.1. The normalized spacial score (nSPS) is 10.4. The topological polar surface area (TPSA) is 29.5 Å². The molecule has 0 radical (unpaired) electrons. The van der Waals surface area contributed by atoms with Crippen LogP contribution in [0, 0.1) is 11.6 Å². The Labute approximate surface area is 134 Å². The van der Waals surface area contributed by atoms with Crippen LogP contribution < -0.4 is 4.74 Å². The number of methoxy groups -OCH3 is 1. The van der Waals surface area contributed by atoms with Crippen LogP contribution in [0.3, 0.4) is 0 Å². The number of carbonyl (C=O) groups excluding carboxylic acids is 1. The number of benzene rings is 2. The molecule has 2 aromatic carbocycles. The summed E-state index contributed by atoms with van der Waals surface area (Å²) in [5, 5.41) is 0. The quantitative estimate of drug-likeness (QED) is 0.815. The molecule has 0 unspecified atom stereocenters. The molecule has 0 saturated heterocycles. The minimum Gasteiger partial charge on any atom is -0.497 e. The van der Waals surface area contributed by atoms with E-state index in [0.29, 0.717) is 18.4 Å². The van der Waals surface area contributed by atoms with Gasteiger partial charge >= 0.3 is 0 Å². The summed E-state index contributed by atoms with van der Waals surface area (Å²) >= 11 is 0. The molecule has 0 saturated carbocycles. The van der Waals surface area contributed by atoms with Crippen LogP contribution in [0.2, 0.25) is 0 Å². The predicted molar refractivity (Wildman–Crippen MR) is 84.1 cm³/mol. The molecule has 2 rings (SSSR count). The smallest absolute Gasteiger partial charge is 0.222 e. The van der Waals surface area contributed by atoms with E-state index < -0.39 is 11.6 Å². The fourth-order valence-electron chi connectivity index (χ4n) is 2.26. The van der Waals surface area contributed by atoms with Crippen LogP contribution in [-0.2, 0) is 17.8 Å². The van der Waals surface area contributed by atoms with E-state index in [1.807, 2.05) is 24.3 Å². The number of ether oxygens (including phenoxy) is 1. The lowest BCUT2D eigenvalue weighted by Crippen LogP contribution is -2.26. The zero-order valence-corrected chi connectivity index (χ0v) is 13.2. The summed E-state index contributed by atoms with van der Waals surface area (Å²) in [6, 6.07) is 10.9. The van der Waals surface area contributed by atoms with Gasteiger partial charge in [-0.1, -0.05) is 18.2 Å². The molecule has 0 heterocycles. The van der Waals surface area contributed by atoms with Gasteiger partial charge in [0.1, 0.15) is 17.4 Å². The Balaban J connectivity index is 1.92. The summed E-state index contributed by atoms with van der Waals surface area (Å²) in [5.74, 6) is -0.621. The average Bonchev–Trinajstić information content (AvgIpc) is 2.55. The average molecular weight is 319 g/mol. The van der Waals surface area contributed by atoms with E-state index in [2.05, 4.69) is 0 Å². The highest BCUT2D eigenvalue weighted by Gasteiger charge is 2.12. The molecule has 3 nitrogen and oxygen atoms in total. The molecule has 0 spiro atoms. The van der Waals surface area contributed by atoms with E-state index in [-0.39, 0.29) is 12.5 Å². The summed E-state index contributed by atoms with van der Waals surface area (Å²) in [7, 11) is 3.20. The molecule has 0 aliphatic rings. The molecule has 5 heteroatoms. The van der Waals surface area contributed by atoms with Gasteiger partial charge < -0.3 is 9.64 Å². The van der Waals surface area contributed by atoms with Gasteiger partial charge in [0.15, 0.2) is 0 Å². The van der Waals surface area contributed by atoms with Crippen molar-refractivity contribution in [3.8, 4) is 5.75 Å². The van der Waals surface area contributed by atoms with Crippen molar-refractivity contribution in [1.82, 2.24) is 4.90 Å². The third-order valence-corrected chi connectivity index (χ3v) is 3.61. The van der Waals surface area contributed by atoms with E-state index in [0.717, 1.165) is 17.4 Å². The first-order valence-electron chi connectivity index (χ1n) is 7.30. The Morgan fingerprint density at radius 3 is 2.65 bits per heavy atom. The van der Waals surface area contributed by atoms with Crippen molar-refractivity contribution in [3.63, 3.8) is 0 Å². The highest BCUT2D eigenvalue weighted by atomic mass is 19.1. The molecule has 0 N–H and O–H groups in total. The Morgan fingerprint density at radius 1 is 1.17 bits per heavy atom. The molecule has 0 aliphatic heterocycles. The molecule has 2 aromatic rings. The highest BCUT2D eigenvalue weighted by molar-refractivity contribution is 5.76. The maximum atomic E-state index is 13.6. The maximum Gasteiger partial charge on any atom is 0.222 e. The van der Waals surface area contributed by atoms with Gasteiger partial charge in [-0.15, -0.1) is 0 Å². The van der Waals surface area contributed by atoms with E-state index in [1.54, 1.807) is 14.2 Å². The standard InChI is InChI=1S/C18H19F2NO2/c1-21(12-14-7-8-15(19)11-17(14)20)18(22)9-6-13-4-3-5-16(10-13)23-2/h3-5,7-8,10-11H,6,9,12H2,1-2H3. The van der Waals surface area contributed by atoms with Crippen LogP contribution in [0.4, 0.5) is 8.78 Å². The van der Waals surface area contributed by atoms with Gasteiger partial charge in [-0.05, 0) is 30.2 Å². The van der Waals surface area contributed by atoms with Crippen molar-refractivity contribution in [1.29, 1.82) is 0 Å². The minimum absolute atomic E-state index is 0.100. The van der Waals surface area contributed by atoms with Crippen molar-refractivity contribution < 1.29 is 18.3 Å². The second-order valence-corrected chi connectivity index (χ2v) is 5.34. The van der Waals surface area contributed by atoms with Gasteiger partial charge in [0.25, 0.3) is 0 Å². The van der Waals surface area contributed by atoms with Crippen LogP contribution in [0.5, 0.6) is 5.75 Å². The molecule has 1 amide bonds. The summed E-state index contributed by atoms with van der Waals surface area (Å²) < 4.78 is 31.6. The number of nitrogens with zero attached hydrogens (tertiary/aromatic N) is 1. The van der Waals surface area contributed by atoms with Gasteiger partial charge in [-0.3, -0.25) is 4.79 Å². The Bertz CT molecular complexity index is 688. The number of halogens is 2. The first kappa shape index (κ1) is 16.9. The van der Waals surface area contributed by atoms with Gasteiger partial charge in [0.05, 0.1) is 7.11 Å². The summed E-state index contributed by atoms with van der Waals surface area (Å²) in [6.07, 6.45) is 0.888. The van der Waals surface area contributed by atoms with Crippen LogP contribution in [0.15, 0.2) is 42.5 Å². The first-order chi connectivity index (χ1) is 11.0. The zero-order valence-electron chi connectivity index (χ0n) is 13.2. The van der Waals surface area contributed by atoms with Crippen molar-refractivity contribution >= 4 is 5.91 Å². The van der Waals surface area contributed by atoms with Gasteiger partial charge in [0.2, 0.25) is 5.91 Å². The Hall–Kier alpha value is -2.43. The fourth-order valence-corrected chi connectivity index (χ4v) is 2.26. The number of aryl methyl sites for hydroxylation is 1. The predicted octanol–water partition coefficient (Wildman–Crippen LogP) is 3.56. The number of carbonyl (C=O) groups is 1. The molecule has 0 aliphatic carbocycles. The van der Waals surface area contributed by atoms with Crippen molar-refractivity contribution in [3.05, 3.63) is 65.2 Å². The zero-order chi connectivity index (χ0) is 16.8. The van der Waals surface area contributed by atoms with Crippen LogP contribution >= 0.6 is 0 Å². The molecule has 0 atom stereocenters. The third kappa shape index (κ3) is 4.77. The number of amides is 1. The Kier molecular flexibility index (Phi) is 5.68.